The van der Waals surface area contributed by atoms with Gasteiger partial charge in [0.05, 0.1) is 0 Å². The Morgan fingerprint density at radius 3 is 1.50 bits per heavy atom. The second-order valence-corrected chi connectivity index (χ2v) is 4.65. The van der Waals surface area contributed by atoms with Gasteiger partial charge in [0, 0.05) is 11.1 Å². The molecule has 0 fully saturated rings. The maximum absolute atomic E-state index is 11.4. The Hall–Kier alpha value is -1.50. The lowest BCUT2D eigenvalue weighted by molar-refractivity contribution is 0.496. The first-order valence-corrected chi connectivity index (χ1v) is 6.32. The predicted octanol–water partition coefficient (Wildman–Crippen LogP) is 3.51. The summed E-state index contributed by atoms with van der Waals surface area (Å²) < 4.78 is 11.4. The van der Waals surface area contributed by atoms with Crippen molar-refractivity contribution < 1.29 is 9.46 Å². The van der Waals surface area contributed by atoms with Crippen LogP contribution in [-0.2, 0) is 4.57 Å². The van der Waals surface area contributed by atoms with Crippen molar-refractivity contribution in [1.29, 1.82) is 0 Å². The Balaban J connectivity index is 2.44. The second kappa shape index (κ2) is 5.02. The molecule has 0 saturated carbocycles. The fourth-order valence-electron chi connectivity index (χ4n) is 1.72. The lowest BCUT2D eigenvalue weighted by Gasteiger charge is -2.05. The van der Waals surface area contributed by atoms with Gasteiger partial charge in [0.15, 0.2) is 0 Å². The molecule has 0 aliphatic heterocycles. The largest absolute Gasteiger partial charge is 0.518 e. The minimum absolute atomic E-state index is 0.433. The lowest BCUT2D eigenvalue weighted by atomic mass is 10.0. The van der Waals surface area contributed by atoms with Crippen LogP contribution in [0.5, 0.6) is 0 Å². The molecular weight excluding hydrogens is 219 g/mol. The quantitative estimate of drug-likeness (QED) is 0.820. The molecule has 0 saturated heterocycles. The fourth-order valence-corrected chi connectivity index (χ4v) is 2.57. The van der Waals surface area contributed by atoms with E-state index in [9.17, 15) is 9.46 Å². The van der Waals surface area contributed by atoms with Crippen LogP contribution in [0, 0.1) is 0 Å². The minimum atomic E-state index is -2.27. The van der Waals surface area contributed by atoms with Crippen LogP contribution in [0.2, 0.25) is 0 Å². The van der Waals surface area contributed by atoms with Gasteiger partial charge in [0.2, 0.25) is 5.66 Å². The van der Waals surface area contributed by atoms with Gasteiger partial charge < -0.3 is 0 Å². The Bertz CT molecular complexity index is 428. The smallest absolute Gasteiger partial charge is 0.160 e. The molecule has 16 heavy (non-hydrogen) atoms. The summed E-state index contributed by atoms with van der Waals surface area (Å²) in [4.78, 5) is 9.43. The molecule has 2 rings (SSSR count). The van der Waals surface area contributed by atoms with Gasteiger partial charge >= 0.3 is 8.03 Å². The third-order valence-electron chi connectivity index (χ3n) is 2.45. The van der Waals surface area contributed by atoms with E-state index in [1.165, 1.54) is 0 Å². The van der Waals surface area contributed by atoms with Crippen molar-refractivity contribution in [2.75, 3.05) is 0 Å². The lowest BCUT2D eigenvalue weighted by Crippen LogP contribution is -1.95. The Kier molecular flexibility index (Phi) is 3.45. The maximum Gasteiger partial charge on any atom is 0.518 e. The van der Waals surface area contributed by atoms with E-state index in [0.29, 0.717) is 0 Å². The van der Waals surface area contributed by atoms with Crippen molar-refractivity contribution in [3.8, 4) is 0 Å². The van der Waals surface area contributed by atoms with E-state index >= 15 is 0 Å². The van der Waals surface area contributed by atoms with Crippen molar-refractivity contribution in [3.05, 3.63) is 71.8 Å². The Morgan fingerprint density at radius 2 is 1.19 bits per heavy atom. The highest BCUT2D eigenvalue weighted by atomic mass is 31.1. The van der Waals surface area contributed by atoms with Crippen LogP contribution in [0.15, 0.2) is 60.7 Å². The molecule has 1 atom stereocenters. The highest BCUT2D eigenvalue weighted by Crippen LogP contribution is 2.42. The van der Waals surface area contributed by atoms with E-state index in [-0.39, 0.29) is 0 Å². The summed E-state index contributed by atoms with van der Waals surface area (Å²) in [6, 6.07) is 18.8. The van der Waals surface area contributed by atoms with Gasteiger partial charge in [0.1, 0.15) is 0 Å². The van der Waals surface area contributed by atoms with Crippen LogP contribution in [0.25, 0.3) is 0 Å². The fraction of sp³-hybridized carbons (Fsp3) is 0.0769. The van der Waals surface area contributed by atoms with E-state index in [0.717, 1.165) is 11.1 Å². The molecule has 0 radical (unpaired) electrons. The maximum atomic E-state index is 11.4. The highest BCUT2D eigenvalue weighted by molar-refractivity contribution is 7.38. The summed E-state index contributed by atoms with van der Waals surface area (Å²) in [5.74, 6) is 0. The first kappa shape index (κ1) is 11.0. The van der Waals surface area contributed by atoms with E-state index in [1.807, 2.05) is 60.7 Å². The van der Waals surface area contributed by atoms with Crippen molar-refractivity contribution in [2.24, 2.45) is 0 Å². The van der Waals surface area contributed by atoms with Gasteiger partial charge in [-0.25, -0.2) is 0 Å². The molecule has 0 amide bonds. The van der Waals surface area contributed by atoms with Gasteiger partial charge in [0.25, 0.3) is 0 Å². The van der Waals surface area contributed by atoms with Crippen LogP contribution in [-0.4, -0.2) is 4.89 Å². The van der Waals surface area contributed by atoms with Gasteiger partial charge in [-0.3, -0.25) is 0 Å². The monoisotopic (exact) mass is 231 g/mol. The van der Waals surface area contributed by atoms with Crippen LogP contribution in [0.1, 0.15) is 16.8 Å². The average Bonchev–Trinajstić information content (AvgIpc) is 2.31. The normalized spacial score (nSPS) is 11.5. The zero-order valence-electron chi connectivity index (χ0n) is 8.65. The second-order valence-electron chi connectivity index (χ2n) is 3.53. The molecule has 1 N–H and O–H groups in total. The highest BCUT2D eigenvalue weighted by Gasteiger charge is 2.32. The number of hydrogen-bond donors (Lipinski definition) is 1. The molecular formula is C13H12O2P+. The van der Waals surface area contributed by atoms with E-state index in [1.54, 1.807) is 0 Å². The minimum Gasteiger partial charge on any atom is -0.160 e. The molecule has 1 unspecified atom stereocenters. The van der Waals surface area contributed by atoms with E-state index in [4.69, 9.17) is 0 Å². The zero-order chi connectivity index (χ0) is 11.4. The van der Waals surface area contributed by atoms with Gasteiger partial charge in [-0.05, 0) is 4.57 Å². The SMILES string of the molecule is O=[P+](O)C(c1ccccc1)c1ccccc1. The molecule has 0 aliphatic rings. The third-order valence-corrected chi connectivity index (χ3v) is 3.49. The summed E-state index contributed by atoms with van der Waals surface area (Å²) >= 11 is 0. The van der Waals surface area contributed by atoms with Gasteiger partial charge in [-0.2, -0.15) is 4.89 Å². The molecule has 0 heterocycles. The first-order valence-electron chi connectivity index (χ1n) is 5.04. The molecule has 0 aliphatic carbocycles. The first-order chi connectivity index (χ1) is 7.79. The van der Waals surface area contributed by atoms with Crippen molar-refractivity contribution in [1.82, 2.24) is 0 Å². The number of hydrogen-bond acceptors (Lipinski definition) is 1. The molecule has 0 bridgehead atoms. The summed E-state index contributed by atoms with van der Waals surface area (Å²) in [5, 5.41) is 0. The molecule has 0 spiro atoms. The Labute approximate surface area is 95.4 Å². The zero-order valence-corrected chi connectivity index (χ0v) is 9.55. The molecule has 80 valence electrons. The van der Waals surface area contributed by atoms with Crippen molar-refractivity contribution in [2.45, 2.75) is 5.66 Å². The molecule has 3 heteroatoms. The van der Waals surface area contributed by atoms with Crippen LogP contribution in [0.4, 0.5) is 0 Å². The van der Waals surface area contributed by atoms with Crippen molar-refractivity contribution >= 4 is 8.03 Å². The summed E-state index contributed by atoms with van der Waals surface area (Å²) in [7, 11) is -2.27. The van der Waals surface area contributed by atoms with Crippen LogP contribution in [0.3, 0.4) is 0 Å². The Morgan fingerprint density at radius 1 is 0.812 bits per heavy atom. The summed E-state index contributed by atoms with van der Waals surface area (Å²) in [6.45, 7) is 0. The van der Waals surface area contributed by atoms with E-state index < -0.39 is 13.7 Å². The topological polar surface area (TPSA) is 37.3 Å². The average molecular weight is 231 g/mol. The summed E-state index contributed by atoms with van der Waals surface area (Å²) in [6.07, 6.45) is 0. The number of rotatable bonds is 3. The van der Waals surface area contributed by atoms with E-state index in [2.05, 4.69) is 0 Å². The third kappa shape index (κ3) is 2.35. The number of benzene rings is 2. The van der Waals surface area contributed by atoms with Gasteiger partial charge in [-0.1, -0.05) is 60.7 Å². The molecule has 0 aromatic heterocycles. The summed E-state index contributed by atoms with van der Waals surface area (Å²) in [5.41, 5.74) is 1.31. The predicted molar refractivity (Wildman–Crippen MR) is 64.6 cm³/mol. The van der Waals surface area contributed by atoms with Crippen LogP contribution >= 0.6 is 8.03 Å². The molecule has 2 aromatic rings. The molecule has 2 nitrogen and oxygen atoms in total. The van der Waals surface area contributed by atoms with Gasteiger partial charge in [-0.15, -0.1) is 0 Å². The van der Waals surface area contributed by atoms with Crippen LogP contribution < -0.4 is 0 Å². The standard InChI is InChI=1S/C13H11O2P/c14-16(15)13(11-7-3-1-4-8-11)12-9-5-2-6-10-12/h1-10,13H/p+1. The molecule has 2 aromatic carbocycles. The van der Waals surface area contributed by atoms with Crippen molar-refractivity contribution in [3.63, 3.8) is 0 Å².